The molecule has 5 rings (SSSR count). The molecule has 1 aromatic heterocycles. The van der Waals surface area contributed by atoms with Crippen LogP contribution < -0.4 is 10.1 Å². The van der Waals surface area contributed by atoms with E-state index in [4.69, 9.17) is 4.74 Å². The van der Waals surface area contributed by atoms with Crippen LogP contribution in [-0.2, 0) is 11.3 Å². The van der Waals surface area contributed by atoms with Crippen LogP contribution in [0, 0.1) is 0 Å². The first-order valence-electron chi connectivity index (χ1n) is 13.1. The Kier molecular flexibility index (Phi) is 8.18. The van der Waals surface area contributed by atoms with Crippen molar-refractivity contribution < 1.29 is 9.53 Å². The third kappa shape index (κ3) is 6.40. The Morgan fingerprint density at radius 1 is 0.919 bits per heavy atom. The van der Waals surface area contributed by atoms with Crippen LogP contribution >= 0.6 is 0 Å². The summed E-state index contributed by atoms with van der Waals surface area (Å²) in [4.78, 5) is 21.2. The van der Waals surface area contributed by atoms with Gasteiger partial charge in [0.05, 0.1) is 13.7 Å². The number of ether oxygens (including phenoxy) is 1. The molecule has 1 fully saturated rings. The number of para-hydroxylation sites is 1. The van der Waals surface area contributed by atoms with Gasteiger partial charge in [-0.1, -0.05) is 60.7 Å². The SMILES string of the molecule is COc1ccc(C(CNC(=O)CN2CCCN(Cc3ccccc3)CC2)c2c[nH]c3ccccc23)cc1. The first-order valence-corrected chi connectivity index (χ1v) is 13.1. The van der Waals surface area contributed by atoms with Crippen molar-refractivity contribution in [1.29, 1.82) is 0 Å². The number of hydrogen-bond donors (Lipinski definition) is 2. The average Bonchev–Trinajstić information content (AvgIpc) is 3.24. The number of aromatic amines is 1. The first-order chi connectivity index (χ1) is 18.2. The molecule has 1 unspecified atom stereocenters. The minimum atomic E-state index is 0.0384. The van der Waals surface area contributed by atoms with E-state index in [0.29, 0.717) is 13.1 Å². The minimum absolute atomic E-state index is 0.0384. The molecule has 37 heavy (non-hydrogen) atoms. The molecule has 0 radical (unpaired) electrons. The zero-order valence-electron chi connectivity index (χ0n) is 21.5. The molecule has 0 bridgehead atoms. The Labute approximate surface area is 219 Å². The highest BCUT2D eigenvalue weighted by molar-refractivity contribution is 5.84. The maximum absolute atomic E-state index is 13.1. The summed E-state index contributed by atoms with van der Waals surface area (Å²) in [5.74, 6) is 0.944. The molecule has 0 spiro atoms. The summed E-state index contributed by atoms with van der Waals surface area (Å²) in [6.07, 6.45) is 3.14. The number of carbonyl (C=O) groups excluding carboxylic acids is 1. The number of hydrogen-bond acceptors (Lipinski definition) is 4. The molecule has 6 heteroatoms. The number of nitrogens with zero attached hydrogens (tertiary/aromatic N) is 2. The molecule has 1 amide bonds. The molecule has 3 aromatic carbocycles. The van der Waals surface area contributed by atoms with Crippen molar-refractivity contribution in [2.75, 3.05) is 46.4 Å². The number of fused-ring (bicyclic) bond motifs is 1. The smallest absolute Gasteiger partial charge is 0.234 e. The van der Waals surface area contributed by atoms with Gasteiger partial charge in [0.2, 0.25) is 5.91 Å². The first kappa shape index (κ1) is 25.1. The van der Waals surface area contributed by atoms with Gasteiger partial charge in [-0.15, -0.1) is 0 Å². The highest BCUT2D eigenvalue weighted by atomic mass is 16.5. The van der Waals surface area contributed by atoms with Crippen LogP contribution in [0.25, 0.3) is 10.9 Å². The Morgan fingerprint density at radius 3 is 2.46 bits per heavy atom. The van der Waals surface area contributed by atoms with E-state index in [0.717, 1.165) is 56.0 Å². The lowest BCUT2D eigenvalue weighted by Gasteiger charge is -2.23. The van der Waals surface area contributed by atoms with Crippen molar-refractivity contribution in [2.24, 2.45) is 0 Å². The van der Waals surface area contributed by atoms with E-state index in [1.54, 1.807) is 7.11 Å². The molecule has 192 valence electrons. The van der Waals surface area contributed by atoms with Gasteiger partial charge in [-0.3, -0.25) is 14.6 Å². The van der Waals surface area contributed by atoms with Gasteiger partial charge in [0.25, 0.3) is 0 Å². The van der Waals surface area contributed by atoms with Crippen molar-refractivity contribution in [3.8, 4) is 5.75 Å². The number of benzene rings is 3. The van der Waals surface area contributed by atoms with Crippen LogP contribution in [0.5, 0.6) is 5.75 Å². The van der Waals surface area contributed by atoms with E-state index < -0.39 is 0 Å². The second-order valence-electron chi connectivity index (χ2n) is 9.81. The summed E-state index contributed by atoms with van der Waals surface area (Å²) in [7, 11) is 1.68. The predicted octanol–water partition coefficient (Wildman–Crippen LogP) is 4.63. The number of aromatic nitrogens is 1. The highest BCUT2D eigenvalue weighted by Gasteiger charge is 2.21. The summed E-state index contributed by atoms with van der Waals surface area (Å²) in [6, 6.07) is 27.1. The van der Waals surface area contributed by atoms with E-state index in [9.17, 15) is 4.79 Å². The summed E-state index contributed by atoms with van der Waals surface area (Å²) in [5, 5.41) is 4.43. The molecule has 1 atom stereocenters. The lowest BCUT2D eigenvalue weighted by Crippen LogP contribution is -2.40. The monoisotopic (exact) mass is 496 g/mol. The molecule has 0 saturated carbocycles. The van der Waals surface area contributed by atoms with Crippen molar-refractivity contribution in [3.05, 3.63) is 102 Å². The third-order valence-electron chi connectivity index (χ3n) is 7.32. The Balaban J connectivity index is 1.21. The fourth-order valence-corrected chi connectivity index (χ4v) is 5.28. The zero-order valence-corrected chi connectivity index (χ0v) is 21.5. The van der Waals surface area contributed by atoms with Crippen molar-refractivity contribution in [3.63, 3.8) is 0 Å². The van der Waals surface area contributed by atoms with Crippen LogP contribution in [0.15, 0.2) is 85.1 Å². The van der Waals surface area contributed by atoms with E-state index in [2.05, 4.69) is 87.0 Å². The van der Waals surface area contributed by atoms with Gasteiger partial charge in [-0.2, -0.15) is 0 Å². The molecule has 2 heterocycles. The van der Waals surface area contributed by atoms with Gasteiger partial charge in [-0.05, 0) is 54.4 Å². The minimum Gasteiger partial charge on any atom is -0.497 e. The second-order valence-corrected chi connectivity index (χ2v) is 9.81. The van der Waals surface area contributed by atoms with Gasteiger partial charge in [-0.25, -0.2) is 0 Å². The van der Waals surface area contributed by atoms with Gasteiger partial charge < -0.3 is 15.0 Å². The molecule has 1 saturated heterocycles. The number of rotatable bonds is 9. The summed E-state index contributed by atoms with van der Waals surface area (Å²) < 4.78 is 5.36. The highest BCUT2D eigenvalue weighted by Crippen LogP contribution is 2.31. The Bertz CT molecular complexity index is 1290. The van der Waals surface area contributed by atoms with E-state index >= 15 is 0 Å². The normalized spacial score (nSPS) is 15.8. The molecule has 6 nitrogen and oxygen atoms in total. The third-order valence-corrected chi connectivity index (χ3v) is 7.32. The lowest BCUT2D eigenvalue weighted by atomic mass is 9.90. The average molecular weight is 497 g/mol. The van der Waals surface area contributed by atoms with Crippen LogP contribution in [0.2, 0.25) is 0 Å². The van der Waals surface area contributed by atoms with Crippen LogP contribution in [0.3, 0.4) is 0 Å². The molecular weight excluding hydrogens is 460 g/mol. The molecular formula is C31H36N4O2. The molecule has 0 aliphatic carbocycles. The van der Waals surface area contributed by atoms with E-state index in [-0.39, 0.29) is 11.8 Å². The second kappa shape index (κ2) is 12.1. The van der Waals surface area contributed by atoms with Gasteiger partial charge >= 0.3 is 0 Å². The van der Waals surface area contributed by atoms with Gasteiger partial charge in [0.15, 0.2) is 0 Å². The quantitative estimate of drug-likeness (QED) is 0.355. The standard InChI is InChI=1S/C31H36N4O2/c1-37-26-14-12-25(13-15-26)28(29-21-32-30-11-6-5-10-27(29)30)20-33-31(36)23-35-17-7-16-34(18-19-35)22-24-8-3-2-4-9-24/h2-6,8-15,21,28,32H,7,16-20,22-23H2,1H3,(H,33,36). The molecule has 4 aromatic rings. The van der Waals surface area contributed by atoms with Crippen molar-refractivity contribution in [1.82, 2.24) is 20.1 Å². The maximum Gasteiger partial charge on any atom is 0.234 e. The Hall–Kier alpha value is -3.61. The van der Waals surface area contributed by atoms with E-state index in [1.807, 2.05) is 18.2 Å². The number of carbonyl (C=O) groups is 1. The van der Waals surface area contributed by atoms with E-state index in [1.165, 1.54) is 16.5 Å². The molecule has 2 N–H and O–H groups in total. The number of methoxy groups -OCH3 is 1. The van der Waals surface area contributed by atoms with Crippen molar-refractivity contribution in [2.45, 2.75) is 18.9 Å². The van der Waals surface area contributed by atoms with Gasteiger partial charge in [0.1, 0.15) is 5.75 Å². The number of amides is 1. The maximum atomic E-state index is 13.1. The van der Waals surface area contributed by atoms with Crippen LogP contribution in [0.1, 0.15) is 29.0 Å². The summed E-state index contributed by atoms with van der Waals surface area (Å²) in [6.45, 7) is 5.84. The number of nitrogens with one attached hydrogen (secondary N) is 2. The topological polar surface area (TPSA) is 60.6 Å². The largest absolute Gasteiger partial charge is 0.497 e. The van der Waals surface area contributed by atoms with Crippen LogP contribution in [-0.4, -0.2) is 67.1 Å². The fourth-order valence-electron chi connectivity index (χ4n) is 5.28. The fraction of sp³-hybridized carbons (Fsp3) is 0.323. The van der Waals surface area contributed by atoms with Crippen LogP contribution in [0.4, 0.5) is 0 Å². The molecule has 1 aliphatic heterocycles. The number of H-pyrrole nitrogens is 1. The molecule has 1 aliphatic rings. The summed E-state index contributed by atoms with van der Waals surface area (Å²) in [5.41, 5.74) is 4.78. The zero-order chi connectivity index (χ0) is 25.5. The Morgan fingerprint density at radius 2 is 1.65 bits per heavy atom. The van der Waals surface area contributed by atoms with Gasteiger partial charge in [0, 0.05) is 49.2 Å². The summed E-state index contributed by atoms with van der Waals surface area (Å²) >= 11 is 0. The lowest BCUT2D eigenvalue weighted by molar-refractivity contribution is -0.122. The van der Waals surface area contributed by atoms with Crippen molar-refractivity contribution >= 4 is 16.8 Å². The predicted molar refractivity (Wildman–Crippen MR) is 149 cm³/mol.